The quantitative estimate of drug-likeness (QED) is 0.388. The van der Waals surface area contributed by atoms with Gasteiger partial charge < -0.3 is 20.3 Å². The molecule has 1 rings (SSSR count). The Kier molecular flexibility index (Phi) is 5.07. The van der Waals surface area contributed by atoms with Crippen molar-refractivity contribution in [3.05, 3.63) is 35.4 Å². The number of carboxylic acid groups (broad SMARTS) is 1. The van der Waals surface area contributed by atoms with E-state index in [9.17, 15) is 14.7 Å². The molecule has 0 heterocycles. The van der Waals surface area contributed by atoms with E-state index in [0.29, 0.717) is 11.1 Å². The van der Waals surface area contributed by atoms with Gasteiger partial charge in [-0.3, -0.25) is 0 Å². The number of nitrogens with one attached hydrogen (secondary N) is 1. The summed E-state index contributed by atoms with van der Waals surface area (Å²) >= 11 is 0. The van der Waals surface area contributed by atoms with Gasteiger partial charge in [-0.15, -0.1) is 0 Å². The van der Waals surface area contributed by atoms with Gasteiger partial charge in [-0.05, 0) is 17.7 Å². The molecule has 6 nitrogen and oxygen atoms in total. The first-order valence-corrected chi connectivity index (χ1v) is 4.63. The monoisotopic (exact) mass is 490 g/mol. The topological polar surface area (TPSA) is 110 Å². The fourth-order valence-corrected chi connectivity index (χ4v) is 1.29. The number of aliphatic hydroxyl groups is 1. The Labute approximate surface area is 97.1 Å². The van der Waals surface area contributed by atoms with Crippen molar-refractivity contribution >= 4 is 12.4 Å². The maximum Gasteiger partial charge on any atom is 0.326 e. The van der Waals surface area contributed by atoms with Crippen LogP contribution >= 0.6 is 0 Å². The van der Waals surface area contributed by atoms with Crippen LogP contribution in [-0.2, 0) is 9.59 Å². The number of carboxylic acids is 1. The summed E-state index contributed by atoms with van der Waals surface area (Å²) in [5, 5.41) is 29.0. The molecule has 0 aromatic heterocycles. The van der Waals surface area contributed by atoms with Gasteiger partial charge in [0.2, 0.25) is 0 Å². The smallest absolute Gasteiger partial charge is 0.326 e. The van der Waals surface area contributed by atoms with Gasteiger partial charge in [0, 0.05) is 0 Å². The Morgan fingerprint density at radius 2 is 1.94 bits per heavy atom. The van der Waals surface area contributed by atoms with Crippen molar-refractivity contribution in [2.45, 2.75) is 12.1 Å². The summed E-state index contributed by atoms with van der Waals surface area (Å²) < 4.78 is 0. The summed E-state index contributed by atoms with van der Waals surface area (Å²) in [6.45, 7) is 0. The minimum absolute atomic E-state index is 0. The van der Waals surface area contributed by atoms with E-state index in [0.717, 1.165) is 0 Å². The van der Waals surface area contributed by atoms with Crippen molar-refractivity contribution in [3.8, 4) is 6.07 Å². The van der Waals surface area contributed by atoms with E-state index in [2.05, 4.69) is 0 Å². The van der Waals surface area contributed by atoms with Gasteiger partial charge in [0.05, 0.1) is 11.6 Å². The minimum Gasteiger partial charge on any atom is -0.520 e. The van der Waals surface area contributed by atoms with Crippen LogP contribution in [0.4, 0.5) is 0 Å². The van der Waals surface area contributed by atoms with Crippen LogP contribution < -0.4 is 5.32 Å². The molecule has 1 amide bonds. The van der Waals surface area contributed by atoms with Crippen molar-refractivity contribution in [3.63, 3.8) is 0 Å². The number of nitrogens with zero attached hydrogens (tertiary/aromatic N) is 1. The molecular formula is C11H9FmN2O4-. The first kappa shape index (κ1) is 14.6. The van der Waals surface area contributed by atoms with Gasteiger partial charge in [0.25, 0.3) is 0 Å². The van der Waals surface area contributed by atoms with Crippen molar-refractivity contribution in [2.24, 2.45) is 0 Å². The Bertz CT molecular complexity index is 455. The Balaban J connectivity index is 0.00000289. The van der Waals surface area contributed by atoms with Crippen LogP contribution in [0, 0.1) is 11.3 Å². The third-order valence-corrected chi connectivity index (χ3v) is 2.18. The van der Waals surface area contributed by atoms with Gasteiger partial charge in [0.1, 0.15) is 12.1 Å². The number of aliphatic carboxylic acids is 1. The number of aliphatic hydroxyl groups excluding tert-OH is 1. The molecule has 0 bridgehead atoms. The summed E-state index contributed by atoms with van der Waals surface area (Å²) in [5.74, 6) is -1.37. The molecule has 0 spiro atoms. The fourth-order valence-electron chi connectivity index (χ4n) is 1.29. The number of carbonyl (C=O) groups excluding carboxylic acids is 1. The third-order valence-electron chi connectivity index (χ3n) is 2.18. The molecule has 0 saturated carbocycles. The van der Waals surface area contributed by atoms with E-state index in [1.54, 1.807) is 0 Å². The fraction of sp³-hybridized carbons (Fsp3) is 0.182. The van der Waals surface area contributed by atoms with Gasteiger partial charge in [0.15, 0.2) is 0 Å². The number of benzene rings is 1. The van der Waals surface area contributed by atoms with Crippen molar-refractivity contribution in [1.29, 1.82) is 5.26 Å². The molecule has 100 valence electrons. The number of rotatable bonds is 5. The van der Waals surface area contributed by atoms with Crippen LogP contribution in [0.5, 0.6) is 0 Å². The molecule has 0 fully saturated rings. The summed E-state index contributed by atoms with van der Waals surface area (Å²) in [6.07, 6.45) is -0.172. The number of hydrogen-bond acceptors (Lipinski definition) is 4. The van der Waals surface area contributed by atoms with E-state index >= 15 is 0 Å². The van der Waals surface area contributed by atoms with Crippen molar-refractivity contribution in [1.82, 2.24) is 5.32 Å². The van der Waals surface area contributed by atoms with Crippen molar-refractivity contribution < 1.29 is 19.8 Å². The molecule has 0 aliphatic rings. The van der Waals surface area contributed by atoms with Gasteiger partial charge in [-0.2, -0.15) is 11.7 Å². The average Bonchev–Trinajstić information content (AvgIpc) is 2.35. The second-order valence-electron chi connectivity index (χ2n) is 3.24. The Morgan fingerprint density at radius 1 is 1.39 bits per heavy atom. The number of carbonyl (C=O) groups is 1. The zero-order valence-electron chi connectivity index (χ0n) is 8.91. The molecule has 1 aromatic rings. The molecule has 0 radical (unpaired) electrons. The predicted molar refractivity (Wildman–Crippen MR) is 56.4 cm³/mol. The molecular weight excluding hydrogens is 481 g/mol. The van der Waals surface area contributed by atoms with E-state index in [1.165, 1.54) is 30.7 Å². The zero-order valence-corrected chi connectivity index (χ0v) is 11.3. The predicted octanol–water partition coefficient (Wildman–Crippen LogP) is -0.298. The van der Waals surface area contributed by atoms with E-state index in [4.69, 9.17) is 10.4 Å². The first-order valence-electron chi connectivity index (χ1n) is 4.63. The summed E-state index contributed by atoms with van der Waals surface area (Å²) in [5.41, 5.74) is 0.682. The van der Waals surface area contributed by atoms with Crippen LogP contribution in [0.1, 0.15) is 17.2 Å². The van der Waals surface area contributed by atoms with Crippen LogP contribution in [-0.4, -0.2) is 28.6 Å². The third kappa shape index (κ3) is 3.05. The van der Waals surface area contributed by atoms with E-state index in [1.807, 2.05) is 11.4 Å². The van der Waals surface area contributed by atoms with Crippen LogP contribution in [0.3, 0.4) is 0 Å². The molecule has 0 saturated heterocycles. The molecule has 0 aliphatic heterocycles. The number of amides is 1. The minimum atomic E-state index is -1.47. The first-order chi connectivity index (χ1) is 8.10. The summed E-state index contributed by atoms with van der Waals surface area (Å²) in [6, 6.07) is 6.16. The summed E-state index contributed by atoms with van der Waals surface area (Å²) in [4.78, 5) is 20.9. The van der Waals surface area contributed by atoms with E-state index in [-0.39, 0.29) is 0 Å². The van der Waals surface area contributed by atoms with Crippen LogP contribution in [0.25, 0.3) is 0 Å². The van der Waals surface area contributed by atoms with Gasteiger partial charge >= 0.3 is 5.97 Å². The largest absolute Gasteiger partial charge is 0.520 e. The average molecular weight is 490 g/mol. The second-order valence-corrected chi connectivity index (χ2v) is 3.24. The molecule has 0 aliphatic carbocycles. The molecule has 2 atom stereocenters. The standard InChI is InChI=1S/C11H9N2O4.Fm/c12-5-7-1-3-8(4-2-7)10(15)9(11(16)17)13-6-14;/h1-4,9-10,15H,(H,13,14)(H,16,17);/q-1;. The molecule has 3 N–H and O–H groups in total. The molecule has 18 heavy (non-hydrogen) atoms. The Morgan fingerprint density at radius 3 is 2.33 bits per heavy atom. The number of hydrogen-bond donors (Lipinski definition) is 3. The van der Waals surface area contributed by atoms with Crippen LogP contribution in [0.15, 0.2) is 24.3 Å². The van der Waals surface area contributed by atoms with Crippen LogP contribution in [0.2, 0.25) is 0 Å². The molecule has 7 heteroatoms. The van der Waals surface area contributed by atoms with Gasteiger partial charge in [-0.1, -0.05) is 12.1 Å². The Hall–Kier alpha value is -3.39. The second kappa shape index (κ2) is 6.25. The normalized spacial score (nSPS) is 12.4. The SMILES string of the molecule is N#Cc1ccc(C(O)C(N[C-]=O)C(=O)O)cc1.[Fm]. The summed E-state index contributed by atoms with van der Waals surface area (Å²) in [7, 11) is 0. The van der Waals surface area contributed by atoms with E-state index < -0.39 is 18.1 Å². The molecule has 1 aromatic carbocycles. The molecule has 2 unspecified atom stereocenters. The maximum atomic E-state index is 10.8. The van der Waals surface area contributed by atoms with Gasteiger partial charge in [-0.25, -0.2) is 4.79 Å². The van der Waals surface area contributed by atoms with Crippen molar-refractivity contribution in [2.75, 3.05) is 0 Å². The number of nitriles is 1. The maximum absolute atomic E-state index is 10.8. The zero-order chi connectivity index (χ0) is 12.8.